The van der Waals surface area contributed by atoms with Crippen molar-refractivity contribution in [1.29, 1.82) is 0 Å². The predicted octanol–water partition coefficient (Wildman–Crippen LogP) is 0.603. The Bertz CT molecular complexity index is 695. The van der Waals surface area contributed by atoms with Crippen molar-refractivity contribution < 1.29 is 13.2 Å². The summed E-state index contributed by atoms with van der Waals surface area (Å²) in [5, 5.41) is 1.72. The van der Waals surface area contributed by atoms with Gasteiger partial charge in [-0.25, -0.2) is 13.1 Å². The van der Waals surface area contributed by atoms with Gasteiger partial charge in [-0.15, -0.1) is 0 Å². The summed E-state index contributed by atoms with van der Waals surface area (Å²) in [6.07, 6.45) is 0. The van der Waals surface area contributed by atoms with Crippen LogP contribution in [0, 0.1) is 0 Å². The van der Waals surface area contributed by atoms with Crippen LogP contribution in [0.1, 0.15) is 0 Å². The molecule has 2 aromatic carbocycles. The number of nitrogens with two attached hydrogens (primary N) is 1. The molecule has 0 saturated heterocycles. The van der Waals surface area contributed by atoms with E-state index in [2.05, 4.69) is 0 Å². The average Bonchev–Trinajstić information content (AvgIpc) is 2.37. The summed E-state index contributed by atoms with van der Waals surface area (Å²) in [6, 6.07) is 12.0. The van der Waals surface area contributed by atoms with Crippen LogP contribution < -0.4 is 10.5 Å². The molecule has 2 aromatic rings. The van der Waals surface area contributed by atoms with Crippen LogP contribution in [-0.4, -0.2) is 20.9 Å². The molecule has 3 N–H and O–H groups in total. The first kappa shape index (κ1) is 12.5. The zero-order valence-electron chi connectivity index (χ0n) is 9.46. The molecule has 0 aliphatic rings. The molecule has 0 bridgehead atoms. The number of rotatable bonds is 3. The number of nitrogens with one attached hydrogen (secondary N) is 1. The number of fused-ring (bicyclic) bond motifs is 1. The minimum absolute atomic E-state index is 0.0444. The Labute approximate surface area is 105 Å². The number of sulfonamides is 1. The van der Waals surface area contributed by atoms with Gasteiger partial charge >= 0.3 is 0 Å². The fourth-order valence-corrected chi connectivity index (χ4v) is 2.62. The summed E-state index contributed by atoms with van der Waals surface area (Å²) in [7, 11) is -3.84. The lowest BCUT2D eigenvalue weighted by Gasteiger charge is -2.06. The van der Waals surface area contributed by atoms with Crippen molar-refractivity contribution in [2.24, 2.45) is 5.73 Å². The second kappa shape index (κ2) is 4.75. The Morgan fingerprint density at radius 3 is 2.44 bits per heavy atom. The molecule has 0 aliphatic heterocycles. The summed E-state index contributed by atoms with van der Waals surface area (Å²) in [6.45, 7) is -0.368. The van der Waals surface area contributed by atoms with E-state index < -0.39 is 15.9 Å². The largest absolute Gasteiger partial charge is 0.322 e. The number of hydrogen-bond donors (Lipinski definition) is 2. The smallest absolute Gasteiger partial charge is 0.264 e. The van der Waals surface area contributed by atoms with Crippen molar-refractivity contribution in [1.82, 2.24) is 4.72 Å². The van der Waals surface area contributed by atoms with Gasteiger partial charge in [-0.2, -0.15) is 0 Å². The third-order valence-electron chi connectivity index (χ3n) is 2.46. The number of amides is 1. The molecule has 2 rings (SSSR count). The summed E-state index contributed by atoms with van der Waals surface area (Å²) < 4.78 is 25.6. The summed E-state index contributed by atoms with van der Waals surface area (Å²) in [5.41, 5.74) is 5.07. The predicted molar refractivity (Wildman–Crippen MR) is 68.3 cm³/mol. The average molecular weight is 264 g/mol. The Balaban J connectivity index is 2.45. The second-order valence-corrected chi connectivity index (χ2v) is 5.42. The zero-order valence-corrected chi connectivity index (χ0v) is 10.3. The SMILES string of the molecule is NCC(=O)NS(=O)(=O)c1ccc2ccccc2c1. The van der Waals surface area contributed by atoms with Crippen LogP contribution in [0.5, 0.6) is 0 Å². The van der Waals surface area contributed by atoms with E-state index in [4.69, 9.17) is 5.73 Å². The van der Waals surface area contributed by atoms with E-state index in [-0.39, 0.29) is 11.4 Å². The normalized spacial score (nSPS) is 11.4. The molecule has 0 aromatic heterocycles. The molecule has 6 heteroatoms. The molecule has 0 saturated carbocycles. The Morgan fingerprint density at radius 1 is 1.11 bits per heavy atom. The van der Waals surface area contributed by atoms with Gasteiger partial charge in [0.15, 0.2) is 0 Å². The van der Waals surface area contributed by atoms with Gasteiger partial charge in [-0.1, -0.05) is 30.3 Å². The van der Waals surface area contributed by atoms with Gasteiger partial charge < -0.3 is 5.73 Å². The molecule has 0 aliphatic carbocycles. The molecule has 0 atom stereocenters. The van der Waals surface area contributed by atoms with Crippen LogP contribution in [0.3, 0.4) is 0 Å². The first-order valence-electron chi connectivity index (χ1n) is 5.27. The van der Waals surface area contributed by atoms with Gasteiger partial charge in [0.1, 0.15) is 0 Å². The number of hydrogen-bond acceptors (Lipinski definition) is 4. The Kier molecular flexibility index (Phi) is 3.31. The standard InChI is InChI=1S/C12H12N2O3S/c13-8-12(15)14-18(16,17)11-6-5-9-3-1-2-4-10(9)7-11/h1-7H,8,13H2,(H,14,15). The van der Waals surface area contributed by atoms with E-state index in [1.807, 2.05) is 22.9 Å². The molecular formula is C12H12N2O3S. The van der Waals surface area contributed by atoms with E-state index in [9.17, 15) is 13.2 Å². The number of carbonyl (C=O) groups excluding carboxylic acids is 1. The summed E-state index contributed by atoms with van der Waals surface area (Å²) in [4.78, 5) is 11.1. The van der Waals surface area contributed by atoms with Gasteiger partial charge in [0.2, 0.25) is 5.91 Å². The lowest BCUT2D eigenvalue weighted by atomic mass is 10.1. The molecule has 0 radical (unpaired) electrons. The van der Waals surface area contributed by atoms with Crippen LogP contribution in [0.15, 0.2) is 47.4 Å². The highest BCUT2D eigenvalue weighted by molar-refractivity contribution is 7.90. The van der Waals surface area contributed by atoms with Crippen molar-refractivity contribution in [3.8, 4) is 0 Å². The van der Waals surface area contributed by atoms with E-state index in [1.165, 1.54) is 12.1 Å². The van der Waals surface area contributed by atoms with Crippen LogP contribution >= 0.6 is 0 Å². The highest BCUT2D eigenvalue weighted by atomic mass is 32.2. The van der Waals surface area contributed by atoms with E-state index in [0.29, 0.717) is 0 Å². The molecule has 5 nitrogen and oxygen atoms in total. The van der Waals surface area contributed by atoms with Crippen LogP contribution in [0.4, 0.5) is 0 Å². The van der Waals surface area contributed by atoms with Crippen LogP contribution in [0.2, 0.25) is 0 Å². The van der Waals surface area contributed by atoms with Crippen LogP contribution in [-0.2, 0) is 14.8 Å². The fourth-order valence-electron chi connectivity index (χ4n) is 1.59. The summed E-state index contributed by atoms with van der Waals surface area (Å²) in [5.74, 6) is -0.733. The quantitative estimate of drug-likeness (QED) is 0.849. The molecule has 94 valence electrons. The third-order valence-corrected chi connectivity index (χ3v) is 3.84. The van der Waals surface area contributed by atoms with Crippen molar-refractivity contribution >= 4 is 26.7 Å². The van der Waals surface area contributed by atoms with Gasteiger partial charge in [-0.3, -0.25) is 4.79 Å². The van der Waals surface area contributed by atoms with E-state index >= 15 is 0 Å². The second-order valence-electron chi connectivity index (χ2n) is 3.74. The maximum Gasteiger partial charge on any atom is 0.264 e. The topological polar surface area (TPSA) is 89.3 Å². The maximum absolute atomic E-state index is 11.9. The Morgan fingerprint density at radius 2 is 1.78 bits per heavy atom. The van der Waals surface area contributed by atoms with Gasteiger partial charge in [-0.05, 0) is 22.9 Å². The molecule has 0 spiro atoms. The molecule has 0 heterocycles. The van der Waals surface area contributed by atoms with Crippen molar-refractivity contribution in [3.63, 3.8) is 0 Å². The molecule has 18 heavy (non-hydrogen) atoms. The minimum Gasteiger partial charge on any atom is -0.322 e. The molecule has 0 fully saturated rings. The minimum atomic E-state index is -3.84. The van der Waals surface area contributed by atoms with E-state index in [0.717, 1.165) is 10.8 Å². The fraction of sp³-hybridized carbons (Fsp3) is 0.0833. The number of carbonyl (C=O) groups is 1. The molecule has 0 unspecified atom stereocenters. The third kappa shape index (κ3) is 2.49. The Hall–Kier alpha value is -1.92. The maximum atomic E-state index is 11.9. The van der Waals surface area contributed by atoms with Crippen molar-refractivity contribution in [2.75, 3.05) is 6.54 Å². The lowest BCUT2D eigenvalue weighted by Crippen LogP contribution is -2.35. The highest BCUT2D eigenvalue weighted by Gasteiger charge is 2.16. The first-order chi connectivity index (χ1) is 8.53. The van der Waals surface area contributed by atoms with Gasteiger partial charge in [0, 0.05) is 0 Å². The van der Waals surface area contributed by atoms with E-state index in [1.54, 1.807) is 12.1 Å². The van der Waals surface area contributed by atoms with Crippen LogP contribution in [0.25, 0.3) is 10.8 Å². The van der Waals surface area contributed by atoms with Crippen molar-refractivity contribution in [2.45, 2.75) is 4.90 Å². The summed E-state index contributed by atoms with van der Waals surface area (Å²) >= 11 is 0. The number of benzene rings is 2. The highest BCUT2D eigenvalue weighted by Crippen LogP contribution is 2.18. The molecular weight excluding hydrogens is 252 g/mol. The van der Waals surface area contributed by atoms with Crippen molar-refractivity contribution in [3.05, 3.63) is 42.5 Å². The lowest BCUT2D eigenvalue weighted by molar-refractivity contribution is -0.118. The van der Waals surface area contributed by atoms with Gasteiger partial charge in [0.25, 0.3) is 10.0 Å². The zero-order chi connectivity index (χ0) is 13.2. The monoisotopic (exact) mass is 264 g/mol. The molecule has 1 amide bonds. The van der Waals surface area contributed by atoms with Gasteiger partial charge in [0.05, 0.1) is 11.4 Å². The first-order valence-corrected chi connectivity index (χ1v) is 6.76.